The number of halogens is 2. The summed E-state index contributed by atoms with van der Waals surface area (Å²) >= 11 is 7.62. The van der Waals surface area contributed by atoms with Crippen LogP contribution >= 0.6 is 22.9 Å². The summed E-state index contributed by atoms with van der Waals surface area (Å²) in [6.07, 6.45) is 3.00. The number of benzene rings is 1. The Morgan fingerprint density at radius 1 is 1.19 bits per heavy atom. The highest BCUT2D eigenvalue weighted by atomic mass is 35.5. The Labute approximate surface area is 135 Å². The van der Waals surface area contributed by atoms with E-state index in [1.807, 2.05) is 17.4 Å². The second-order valence-electron chi connectivity index (χ2n) is 5.11. The first-order chi connectivity index (χ1) is 10.1. The quantitative estimate of drug-likeness (QED) is 0.720. The van der Waals surface area contributed by atoms with Crippen molar-refractivity contribution in [2.24, 2.45) is 0 Å². The van der Waals surface area contributed by atoms with Crippen molar-refractivity contribution in [1.82, 2.24) is 5.32 Å². The van der Waals surface area contributed by atoms with Gasteiger partial charge in [-0.3, -0.25) is 0 Å². The summed E-state index contributed by atoms with van der Waals surface area (Å²) in [5.74, 6) is -0.349. The van der Waals surface area contributed by atoms with Gasteiger partial charge in [-0.2, -0.15) is 0 Å². The van der Waals surface area contributed by atoms with Gasteiger partial charge in [-0.1, -0.05) is 31.5 Å². The van der Waals surface area contributed by atoms with Crippen molar-refractivity contribution >= 4 is 22.9 Å². The molecule has 1 heterocycles. The normalized spacial score (nSPS) is 12.6. The molecule has 0 saturated heterocycles. The highest BCUT2D eigenvalue weighted by Gasteiger charge is 2.14. The smallest absolute Gasteiger partial charge is 0.142 e. The average molecular weight is 326 g/mol. The van der Waals surface area contributed by atoms with Crippen molar-refractivity contribution in [3.63, 3.8) is 0 Å². The minimum absolute atomic E-state index is 0.125. The molecule has 0 radical (unpaired) electrons. The van der Waals surface area contributed by atoms with Gasteiger partial charge in [0.15, 0.2) is 0 Å². The van der Waals surface area contributed by atoms with Crippen LogP contribution in [-0.2, 0) is 12.8 Å². The van der Waals surface area contributed by atoms with Gasteiger partial charge in [0.25, 0.3) is 0 Å². The molecule has 0 amide bonds. The van der Waals surface area contributed by atoms with Gasteiger partial charge in [-0.05, 0) is 49.2 Å². The lowest BCUT2D eigenvalue weighted by molar-refractivity contribution is 0.527. The topological polar surface area (TPSA) is 12.0 Å². The second-order valence-corrected chi connectivity index (χ2v) is 6.77. The molecule has 114 valence electrons. The second kappa shape index (κ2) is 7.92. The maximum atomic E-state index is 13.7. The molecule has 1 nitrogen and oxygen atoms in total. The fraction of sp³-hybridized carbons (Fsp3) is 0.412. The first-order valence-electron chi connectivity index (χ1n) is 7.40. The zero-order valence-electron chi connectivity index (χ0n) is 12.5. The molecule has 0 aliphatic heterocycles. The molecule has 1 unspecified atom stereocenters. The zero-order valence-corrected chi connectivity index (χ0v) is 14.0. The summed E-state index contributed by atoms with van der Waals surface area (Å²) in [7, 11) is 0. The summed E-state index contributed by atoms with van der Waals surface area (Å²) < 4.78 is 13.7. The molecule has 1 aromatic carbocycles. The van der Waals surface area contributed by atoms with Gasteiger partial charge in [0.05, 0.1) is 5.02 Å². The lowest BCUT2D eigenvalue weighted by atomic mass is 10.0. The molecule has 0 bridgehead atoms. The first kappa shape index (κ1) is 16.5. The third kappa shape index (κ3) is 4.53. The highest BCUT2D eigenvalue weighted by Crippen LogP contribution is 2.26. The molecule has 2 rings (SSSR count). The van der Waals surface area contributed by atoms with E-state index in [0.717, 1.165) is 31.4 Å². The molecule has 1 N–H and O–H groups in total. The summed E-state index contributed by atoms with van der Waals surface area (Å²) in [5, 5.41) is 3.68. The Bertz CT molecular complexity index is 582. The van der Waals surface area contributed by atoms with Crippen molar-refractivity contribution in [2.75, 3.05) is 6.54 Å². The zero-order chi connectivity index (χ0) is 15.2. The molecule has 0 fully saturated rings. The van der Waals surface area contributed by atoms with Gasteiger partial charge in [-0.15, -0.1) is 11.3 Å². The van der Waals surface area contributed by atoms with E-state index in [0.29, 0.717) is 0 Å². The number of hydrogen-bond donors (Lipinski definition) is 1. The third-order valence-corrected chi connectivity index (χ3v) is 5.02. The lowest BCUT2D eigenvalue weighted by Crippen LogP contribution is -2.24. The van der Waals surface area contributed by atoms with Gasteiger partial charge in [-0.25, -0.2) is 4.39 Å². The Kier molecular flexibility index (Phi) is 6.22. The Morgan fingerprint density at radius 3 is 2.57 bits per heavy atom. The highest BCUT2D eigenvalue weighted by molar-refractivity contribution is 7.11. The van der Waals surface area contributed by atoms with Crippen molar-refractivity contribution in [2.45, 2.75) is 39.2 Å². The molecule has 2 aromatic rings. The third-order valence-electron chi connectivity index (χ3n) is 3.46. The fourth-order valence-electron chi connectivity index (χ4n) is 2.28. The predicted molar refractivity (Wildman–Crippen MR) is 89.8 cm³/mol. The van der Waals surface area contributed by atoms with Gasteiger partial charge >= 0.3 is 0 Å². The molecule has 0 aliphatic rings. The van der Waals surface area contributed by atoms with Crippen LogP contribution in [0.15, 0.2) is 30.3 Å². The van der Waals surface area contributed by atoms with Crippen LogP contribution in [0.5, 0.6) is 0 Å². The Hall–Kier alpha value is -0.900. The number of nitrogens with one attached hydrogen (secondary N) is 1. The van der Waals surface area contributed by atoms with E-state index < -0.39 is 0 Å². The average Bonchev–Trinajstić information content (AvgIpc) is 2.94. The maximum Gasteiger partial charge on any atom is 0.142 e. The van der Waals surface area contributed by atoms with Crippen LogP contribution in [0.1, 0.15) is 41.6 Å². The number of aryl methyl sites for hydroxylation is 1. The molecule has 4 heteroatoms. The van der Waals surface area contributed by atoms with Crippen LogP contribution in [0.3, 0.4) is 0 Å². The van der Waals surface area contributed by atoms with Crippen LogP contribution in [0.2, 0.25) is 5.02 Å². The molecule has 1 atom stereocenters. The van der Waals surface area contributed by atoms with Crippen LogP contribution < -0.4 is 5.32 Å². The Balaban J connectivity index is 2.18. The van der Waals surface area contributed by atoms with E-state index in [1.165, 1.54) is 9.75 Å². The van der Waals surface area contributed by atoms with Crippen molar-refractivity contribution in [1.29, 1.82) is 0 Å². The van der Waals surface area contributed by atoms with Gasteiger partial charge in [0.2, 0.25) is 0 Å². The first-order valence-corrected chi connectivity index (χ1v) is 8.59. The van der Waals surface area contributed by atoms with Crippen LogP contribution in [0, 0.1) is 5.82 Å². The summed E-state index contributed by atoms with van der Waals surface area (Å²) in [4.78, 5) is 2.72. The monoisotopic (exact) mass is 325 g/mol. The van der Waals surface area contributed by atoms with Crippen LogP contribution in [0.4, 0.5) is 4.39 Å². The fourth-order valence-corrected chi connectivity index (χ4v) is 3.40. The summed E-state index contributed by atoms with van der Waals surface area (Å²) in [6.45, 7) is 5.21. The minimum Gasteiger partial charge on any atom is -0.310 e. The molecular weight excluding hydrogens is 305 g/mol. The van der Waals surface area contributed by atoms with Gasteiger partial charge < -0.3 is 5.32 Å². The molecule has 0 saturated carbocycles. The standard InChI is InChI=1S/C17H21ClFNS/c1-3-9-20-17(11-14-7-6-13(4-2)21-14)12-5-8-15(18)16(19)10-12/h5-8,10,17,20H,3-4,9,11H2,1-2H3. The molecule has 21 heavy (non-hydrogen) atoms. The number of rotatable bonds is 7. The van der Waals surface area contributed by atoms with Crippen molar-refractivity contribution < 1.29 is 4.39 Å². The molecule has 1 aromatic heterocycles. The minimum atomic E-state index is -0.349. The van der Waals surface area contributed by atoms with E-state index in [1.54, 1.807) is 12.1 Å². The number of thiophene rings is 1. The predicted octanol–water partition coefficient (Wildman–Crippen LogP) is 5.39. The van der Waals surface area contributed by atoms with E-state index in [-0.39, 0.29) is 16.9 Å². The largest absolute Gasteiger partial charge is 0.310 e. The molecule has 0 spiro atoms. The Morgan fingerprint density at radius 2 is 1.95 bits per heavy atom. The van der Waals surface area contributed by atoms with Crippen LogP contribution in [0.25, 0.3) is 0 Å². The lowest BCUT2D eigenvalue weighted by Gasteiger charge is -2.18. The molecular formula is C17H21ClFNS. The van der Waals surface area contributed by atoms with E-state index >= 15 is 0 Å². The van der Waals surface area contributed by atoms with Crippen molar-refractivity contribution in [3.8, 4) is 0 Å². The van der Waals surface area contributed by atoms with E-state index in [9.17, 15) is 4.39 Å². The summed E-state index contributed by atoms with van der Waals surface area (Å²) in [6, 6.07) is 9.58. The van der Waals surface area contributed by atoms with E-state index in [2.05, 4.69) is 31.3 Å². The summed E-state index contributed by atoms with van der Waals surface area (Å²) in [5.41, 5.74) is 0.955. The maximum absolute atomic E-state index is 13.7. The van der Waals surface area contributed by atoms with Gasteiger partial charge in [0, 0.05) is 22.2 Å². The van der Waals surface area contributed by atoms with Crippen molar-refractivity contribution in [3.05, 3.63) is 56.5 Å². The number of hydrogen-bond acceptors (Lipinski definition) is 2. The van der Waals surface area contributed by atoms with Crippen LogP contribution in [-0.4, -0.2) is 6.54 Å². The SMILES string of the molecule is CCCNC(Cc1ccc(CC)s1)c1ccc(Cl)c(F)c1. The molecule has 0 aliphatic carbocycles. The van der Waals surface area contributed by atoms with E-state index in [4.69, 9.17) is 11.6 Å². The van der Waals surface area contributed by atoms with Gasteiger partial charge in [0.1, 0.15) is 5.82 Å².